The van der Waals surface area contributed by atoms with E-state index < -0.39 is 0 Å². The zero-order valence-electron chi connectivity index (χ0n) is 15.8. The van der Waals surface area contributed by atoms with Gasteiger partial charge in [0, 0.05) is 43.7 Å². The van der Waals surface area contributed by atoms with Crippen molar-refractivity contribution in [2.75, 3.05) is 6.54 Å². The fraction of sp³-hybridized carbons (Fsp3) is 0.300. The minimum absolute atomic E-state index is 0.0251. The molecule has 8 nitrogen and oxygen atoms in total. The van der Waals surface area contributed by atoms with Gasteiger partial charge < -0.3 is 14.3 Å². The Kier molecular flexibility index (Phi) is 3.78. The van der Waals surface area contributed by atoms with Gasteiger partial charge in [-0.25, -0.2) is 9.97 Å². The molecule has 1 amide bonds. The van der Waals surface area contributed by atoms with Gasteiger partial charge in [-0.2, -0.15) is 5.10 Å². The van der Waals surface area contributed by atoms with Gasteiger partial charge in [0.25, 0.3) is 0 Å². The third-order valence-corrected chi connectivity index (χ3v) is 5.45. The first-order chi connectivity index (χ1) is 13.6. The minimum atomic E-state index is 0.0251. The Hall–Kier alpha value is -3.42. The van der Waals surface area contributed by atoms with E-state index in [1.165, 1.54) is 0 Å². The standard InChI is InChI=1S/C20H21N7O/c1-13-4-3-5-27-15(8-21-20(13)27)6-18(28)26-10-16(14-7-24-25(2)9-14)19-17(11-26)22-12-23-19/h3-5,7-9,12,16H,6,10-11H2,1-2H3,(H,22,23). The molecule has 0 saturated heterocycles. The van der Waals surface area contributed by atoms with Gasteiger partial charge in [0.15, 0.2) is 0 Å². The van der Waals surface area contributed by atoms with Gasteiger partial charge in [0.1, 0.15) is 5.65 Å². The monoisotopic (exact) mass is 375 g/mol. The van der Waals surface area contributed by atoms with Gasteiger partial charge >= 0.3 is 0 Å². The zero-order valence-corrected chi connectivity index (χ0v) is 15.8. The number of amides is 1. The number of H-pyrrole nitrogens is 1. The van der Waals surface area contributed by atoms with Crippen LogP contribution in [0.15, 0.2) is 43.2 Å². The number of hydrogen-bond donors (Lipinski definition) is 1. The maximum atomic E-state index is 13.1. The summed E-state index contributed by atoms with van der Waals surface area (Å²) in [5.41, 5.74) is 5.95. The summed E-state index contributed by atoms with van der Waals surface area (Å²) in [6, 6.07) is 4.00. The van der Waals surface area contributed by atoms with E-state index in [0.29, 0.717) is 19.5 Å². The van der Waals surface area contributed by atoms with Crippen LogP contribution in [0.2, 0.25) is 0 Å². The van der Waals surface area contributed by atoms with Crippen molar-refractivity contribution in [3.05, 3.63) is 71.5 Å². The highest BCUT2D eigenvalue weighted by atomic mass is 16.2. The molecule has 0 aromatic carbocycles. The maximum absolute atomic E-state index is 13.1. The van der Waals surface area contributed by atoms with Gasteiger partial charge in [-0.15, -0.1) is 0 Å². The molecule has 0 aliphatic carbocycles. The first-order valence-corrected chi connectivity index (χ1v) is 9.30. The summed E-state index contributed by atoms with van der Waals surface area (Å²) in [5, 5.41) is 4.29. The van der Waals surface area contributed by atoms with E-state index in [-0.39, 0.29) is 11.8 Å². The topological polar surface area (TPSA) is 84.1 Å². The molecule has 0 spiro atoms. The molecule has 5 heterocycles. The largest absolute Gasteiger partial charge is 0.347 e. The van der Waals surface area contributed by atoms with Crippen LogP contribution in [0.3, 0.4) is 0 Å². The molecule has 28 heavy (non-hydrogen) atoms. The molecule has 0 bridgehead atoms. The molecule has 142 valence electrons. The van der Waals surface area contributed by atoms with Crippen molar-refractivity contribution >= 4 is 11.6 Å². The molecule has 0 saturated carbocycles. The zero-order chi connectivity index (χ0) is 19.3. The number of hydrogen-bond acceptors (Lipinski definition) is 4. The number of aromatic nitrogens is 6. The molecule has 1 N–H and O–H groups in total. The summed E-state index contributed by atoms with van der Waals surface area (Å²) in [4.78, 5) is 27.2. The van der Waals surface area contributed by atoms with E-state index in [0.717, 1.165) is 33.9 Å². The third-order valence-electron chi connectivity index (χ3n) is 5.45. The Morgan fingerprint density at radius 1 is 1.32 bits per heavy atom. The van der Waals surface area contributed by atoms with Crippen molar-refractivity contribution < 1.29 is 4.79 Å². The molecule has 1 atom stereocenters. The van der Waals surface area contributed by atoms with Crippen LogP contribution >= 0.6 is 0 Å². The highest BCUT2D eigenvalue weighted by Crippen LogP contribution is 2.31. The highest BCUT2D eigenvalue weighted by molar-refractivity contribution is 5.79. The molecule has 5 rings (SSSR count). The number of aryl methyl sites for hydroxylation is 2. The Bertz CT molecular complexity index is 1170. The lowest BCUT2D eigenvalue weighted by Crippen LogP contribution is -2.39. The second-order valence-electron chi connectivity index (χ2n) is 7.35. The lowest BCUT2D eigenvalue weighted by molar-refractivity contribution is -0.131. The molecular formula is C20H21N7O. The van der Waals surface area contributed by atoms with Gasteiger partial charge in [0.05, 0.1) is 42.6 Å². The summed E-state index contributed by atoms with van der Waals surface area (Å²) in [7, 11) is 1.90. The molecule has 4 aromatic heterocycles. The molecular weight excluding hydrogens is 354 g/mol. The number of fused-ring (bicyclic) bond motifs is 2. The summed E-state index contributed by atoms with van der Waals surface area (Å²) in [5.74, 6) is 0.106. The van der Waals surface area contributed by atoms with Crippen LogP contribution in [0.1, 0.15) is 34.1 Å². The van der Waals surface area contributed by atoms with E-state index in [4.69, 9.17) is 0 Å². The van der Waals surface area contributed by atoms with Crippen molar-refractivity contribution in [1.29, 1.82) is 0 Å². The highest BCUT2D eigenvalue weighted by Gasteiger charge is 2.32. The number of nitrogens with one attached hydrogen (secondary N) is 1. The Morgan fingerprint density at radius 3 is 3.04 bits per heavy atom. The number of pyridine rings is 1. The number of imidazole rings is 2. The van der Waals surface area contributed by atoms with E-state index >= 15 is 0 Å². The SMILES string of the molecule is Cc1cccn2c(CC(=O)N3Cc4[nH]cnc4C(c4cnn(C)c4)C3)cnc12. The second kappa shape index (κ2) is 6.33. The number of aromatic amines is 1. The van der Waals surface area contributed by atoms with Crippen LogP contribution in [-0.2, 0) is 24.8 Å². The molecule has 0 radical (unpaired) electrons. The summed E-state index contributed by atoms with van der Waals surface area (Å²) < 4.78 is 3.78. The summed E-state index contributed by atoms with van der Waals surface area (Å²) in [6.45, 7) is 3.16. The molecule has 0 fully saturated rings. The van der Waals surface area contributed by atoms with Crippen molar-refractivity contribution in [3.8, 4) is 0 Å². The van der Waals surface area contributed by atoms with Gasteiger partial charge in [-0.1, -0.05) is 6.07 Å². The average molecular weight is 375 g/mol. The average Bonchev–Trinajstić information content (AvgIpc) is 3.41. The predicted molar refractivity (Wildman–Crippen MR) is 103 cm³/mol. The van der Waals surface area contributed by atoms with E-state index in [2.05, 4.69) is 20.1 Å². The van der Waals surface area contributed by atoms with Crippen LogP contribution in [0.25, 0.3) is 5.65 Å². The third kappa shape index (κ3) is 2.69. The molecule has 1 aliphatic rings. The van der Waals surface area contributed by atoms with Gasteiger partial charge in [-0.05, 0) is 18.6 Å². The van der Waals surface area contributed by atoms with Crippen molar-refractivity contribution in [1.82, 2.24) is 34.0 Å². The smallest absolute Gasteiger partial charge is 0.228 e. The number of rotatable bonds is 3. The minimum Gasteiger partial charge on any atom is -0.347 e. The molecule has 4 aromatic rings. The van der Waals surface area contributed by atoms with Crippen LogP contribution in [-0.4, -0.2) is 46.5 Å². The molecule has 8 heteroatoms. The van der Waals surface area contributed by atoms with E-state index in [1.807, 2.05) is 54.0 Å². The number of carbonyl (C=O) groups excluding carboxylic acids is 1. The summed E-state index contributed by atoms with van der Waals surface area (Å²) >= 11 is 0. The fourth-order valence-electron chi connectivity index (χ4n) is 3.99. The Morgan fingerprint density at radius 2 is 2.21 bits per heavy atom. The maximum Gasteiger partial charge on any atom is 0.228 e. The van der Waals surface area contributed by atoms with Crippen molar-refractivity contribution in [2.45, 2.75) is 25.8 Å². The first-order valence-electron chi connectivity index (χ1n) is 9.30. The second-order valence-corrected chi connectivity index (χ2v) is 7.35. The lowest BCUT2D eigenvalue weighted by Gasteiger charge is -2.31. The van der Waals surface area contributed by atoms with Crippen LogP contribution in [0.5, 0.6) is 0 Å². The van der Waals surface area contributed by atoms with E-state index in [1.54, 1.807) is 17.2 Å². The molecule has 1 aliphatic heterocycles. The fourth-order valence-corrected chi connectivity index (χ4v) is 3.99. The molecule has 1 unspecified atom stereocenters. The first kappa shape index (κ1) is 16.7. The normalized spacial score (nSPS) is 16.5. The van der Waals surface area contributed by atoms with Crippen molar-refractivity contribution in [3.63, 3.8) is 0 Å². The van der Waals surface area contributed by atoms with Crippen LogP contribution in [0, 0.1) is 6.92 Å². The van der Waals surface area contributed by atoms with Crippen molar-refractivity contribution in [2.24, 2.45) is 7.05 Å². The number of nitrogens with zero attached hydrogens (tertiary/aromatic N) is 6. The van der Waals surface area contributed by atoms with Crippen LogP contribution in [0.4, 0.5) is 0 Å². The van der Waals surface area contributed by atoms with Gasteiger partial charge in [-0.3, -0.25) is 9.48 Å². The Balaban J connectivity index is 1.43. The number of carbonyl (C=O) groups is 1. The summed E-state index contributed by atoms with van der Waals surface area (Å²) in [6.07, 6.45) is 9.61. The van der Waals surface area contributed by atoms with Crippen LogP contribution < -0.4 is 0 Å². The van der Waals surface area contributed by atoms with Gasteiger partial charge in [0.2, 0.25) is 5.91 Å². The predicted octanol–water partition coefficient (Wildman–Crippen LogP) is 1.82. The quantitative estimate of drug-likeness (QED) is 0.592. The lowest BCUT2D eigenvalue weighted by atomic mass is 9.93. The Labute approximate surface area is 161 Å². The van der Waals surface area contributed by atoms with E-state index in [9.17, 15) is 4.79 Å².